The monoisotopic (exact) mass is 399 g/mol. The van der Waals surface area contributed by atoms with Gasteiger partial charge in [0, 0.05) is 17.8 Å². The molecule has 0 aliphatic rings. The topological polar surface area (TPSA) is 78.5 Å². The summed E-state index contributed by atoms with van der Waals surface area (Å²) < 4.78 is 13.1. The van der Waals surface area contributed by atoms with E-state index in [1.165, 1.54) is 29.2 Å². The Balaban J connectivity index is 1.91. The molecule has 3 amide bonds. The molecule has 0 radical (unpaired) electrons. The highest BCUT2D eigenvalue weighted by molar-refractivity contribution is 5.98. The fraction of sp³-hybridized carbons (Fsp3) is 0.318. The van der Waals surface area contributed by atoms with Crippen molar-refractivity contribution in [2.45, 2.75) is 20.8 Å². The Bertz CT molecular complexity index is 849. The summed E-state index contributed by atoms with van der Waals surface area (Å²) in [5.74, 6) is -1.47. The van der Waals surface area contributed by atoms with E-state index in [2.05, 4.69) is 10.6 Å². The van der Waals surface area contributed by atoms with Gasteiger partial charge in [0.05, 0.1) is 13.1 Å². The van der Waals surface area contributed by atoms with E-state index in [0.717, 1.165) is 5.56 Å². The van der Waals surface area contributed by atoms with Crippen LogP contribution in [0.4, 0.5) is 10.1 Å². The molecule has 2 aromatic carbocycles. The predicted octanol–water partition coefficient (Wildman–Crippen LogP) is 2.99. The number of carbonyl (C=O) groups excluding carboxylic acids is 3. The number of nitrogens with one attached hydrogen (secondary N) is 2. The van der Waals surface area contributed by atoms with Crippen molar-refractivity contribution in [3.8, 4) is 0 Å². The molecule has 7 heteroatoms. The highest BCUT2D eigenvalue weighted by atomic mass is 19.1. The molecule has 2 rings (SSSR count). The third kappa shape index (κ3) is 7.37. The molecule has 0 fully saturated rings. The van der Waals surface area contributed by atoms with Crippen LogP contribution in [0.15, 0.2) is 48.5 Å². The zero-order valence-corrected chi connectivity index (χ0v) is 16.9. The molecule has 0 aliphatic heterocycles. The van der Waals surface area contributed by atoms with Gasteiger partial charge in [0.1, 0.15) is 5.82 Å². The Kier molecular flexibility index (Phi) is 7.88. The van der Waals surface area contributed by atoms with Crippen LogP contribution >= 0.6 is 0 Å². The average Bonchev–Trinajstić information content (AvgIpc) is 2.67. The minimum Gasteiger partial charge on any atom is -0.345 e. The molecule has 0 saturated heterocycles. The maximum atomic E-state index is 13.1. The van der Waals surface area contributed by atoms with Gasteiger partial charge in [-0.2, -0.15) is 0 Å². The van der Waals surface area contributed by atoms with Crippen LogP contribution in [-0.2, 0) is 9.59 Å². The minimum atomic E-state index is -0.444. The van der Waals surface area contributed by atoms with Crippen molar-refractivity contribution in [1.29, 1.82) is 0 Å². The smallest absolute Gasteiger partial charge is 0.254 e. The standard InChI is InChI=1S/C22H26FN3O3/c1-15(2)13-26(22(29)17-6-8-18(23)9-7-17)14-21(28)24-12-20(27)25-19-10-4-16(3)5-11-19/h4-11,15H,12-14H2,1-3H3,(H,24,28)(H,25,27). The van der Waals surface area contributed by atoms with E-state index in [-0.39, 0.29) is 30.8 Å². The molecule has 154 valence electrons. The van der Waals surface area contributed by atoms with E-state index >= 15 is 0 Å². The number of anilines is 1. The molecule has 0 heterocycles. The zero-order valence-electron chi connectivity index (χ0n) is 16.9. The summed E-state index contributed by atoms with van der Waals surface area (Å²) in [7, 11) is 0. The molecule has 0 aromatic heterocycles. The van der Waals surface area contributed by atoms with Gasteiger partial charge in [0.25, 0.3) is 5.91 Å². The molecular weight excluding hydrogens is 373 g/mol. The van der Waals surface area contributed by atoms with E-state index in [9.17, 15) is 18.8 Å². The molecular formula is C22H26FN3O3. The summed E-state index contributed by atoms with van der Waals surface area (Å²) in [5.41, 5.74) is 2.02. The van der Waals surface area contributed by atoms with E-state index in [1.807, 2.05) is 32.9 Å². The first-order valence-corrected chi connectivity index (χ1v) is 9.42. The molecule has 0 atom stereocenters. The van der Waals surface area contributed by atoms with Gasteiger partial charge in [-0.05, 0) is 49.2 Å². The first-order chi connectivity index (χ1) is 13.7. The van der Waals surface area contributed by atoms with Crippen molar-refractivity contribution in [2.24, 2.45) is 5.92 Å². The highest BCUT2D eigenvalue weighted by Crippen LogP contribution is 2.10. The largest absolute Gasteiger partial charge is 0.345 e. The number of carbonyl (C=O) groups is 3. The van der Waals surface area contributed by atoms with Gasteiger partial charge in [-0.15, -0.1) is 0 Å². The predicted molar refractivity (Wildman–Crippen MR) is 110 cm³/mol. The van der Waals surface area contributed by atoms with Gasteiger partial charge in [0.2, 0.25) is 11.8 Å². The van der Waals surface area contributed by atoms with E-state index < -0.39 is 11.7 Å². The number of halogens is 1. The van der Waals surface area contributed by atoms with Crippen LogP contribution in [-0.4, -0.2) is 42.3 Å². The first kappa shape index (κ1) is 22.1. The van der Waals surface area contributed by atoms with Crippen LogP contribution in [0, 0.1) is 18.7 Å². The second kappa shape index (κ2) is 10.4. The van der Waals surface area contributed by atoms with Gasteiger partial charge < -0.3 is 15.5 Å². The van der Waals surface area contributed by atoms with Crippen LogP contribution in [0.5, 0.6) is 0 Å². The van der Waals surface area contributed by atoms with Crippen LogP contribution in [0.25, 0.3) is 0 Å². The van der Waals surface area contributed by atoms with Crippen molar-refractivity contribution in [3.05, 3.63) is 65.5 Å². The highest BCUT2D eigenvalue weighted by Gasteiger charge is 2.20. The van der Waals surface area contributed by atoms with Gasteiger partial charge >= 0.3 is 0 Å². The Morgan fingerprint density at radius 2 is 1.59 bits per heavy atom. The number of rotatable bonds is 8. The Hall–Kier alpha value is -3.22. The Morgan fingerprint density at radius 3 is 2.17 bits per heavy atom. The second-order valence-electron chi connectivity index (χ2n) is 7.28. The molecule has 0 aliphatic carbocycles. The molecule has 0 unspecified atom stereocenters. The zero-order chi connectivity index (χ0) is 21.4. The summed E-state index contributed by atoms with van der Waals surface area (Å²) in [5, 5.41) is 5.22. The van der Waals surface area contributed by atoms with E-state index in [1.54, 1.807) is 12.1 Å². The SMILES string of the molecule is Cc1ccc(NC(=O)CNC(=O)CN(CC(C)C)C(=O)c2ccc(F)cc2)cc1. The maximum Gasteiger partial charge on any atom is 0.254 e. The van der Waals surface area contributed by atoms with Crippen molar-refractivity contribution in [1.82, 2.24) is 10.2 Å². The third-order valence-electron chi connectivity index (χ3n) is 4.08. The molecule has 0 bridgehead atoms. The number of benzene rings is 2. The lowest BCUT2D eigenvalue weighted by Gasteiger charge is -2.24. The lowest BCUT2D eigenvalue weighted by atomic mass is 10.1. The fourth-order valence-electron chi connectivity index (χ4n) is 2.69. The Labute approximate surface area is 170 Å². The molecule has 2 N–H and O–H groups in total. The number of hydrogen-bond donors (Lipinski definition) is 2. The van der Waals surface area contributed by atoms with E-state index in [4.69, 9.17) is 0 Å². The summed E-state index contributed by atoms with van der Waals surface area (Å²) >= 11 is 0. The minimum absolute atomic E-state index is 0.136. The van der Waals surface area contributed by atoms with Gasteiger partial charge in [-0.1, -0.05) is 31.5 Å². The van der Waals surface area contributed by atoms with Crippen molar-refractivity contribution in [3.63, 3.8) is 0 Å². The number of hydrogen-bond acceptors (Lipinski definition) is 3. The summed E-state index contributed by atoms with van der Waals surface area (Å²) in [4.78, 5) is 38.4. The second-order valence-corrected chi connectivity index (χ2v) is 7.28. The van der Waals surface area contributed by atoms with Crippen molar-refractivity contribution < 1.29 is 18.8 Å². The maximum absolute atomic E-state index is 13.1. The normalized spacial score (nSPS) is 10.5. The number of amides is 3. The summed E-state index contributed by atoms with van der Waals surface area (Å²) in [6.07, 6.45) is 0. The molecule has 0 spiro atoms. The number of aryl methyl sites for hydroxylation is 1. The van der Waals surface area contributed by atoms with Crippen LogP contribution in [0.3, 0.4) is 0 Å². The molecule has 0 saturated carbocycles. The van der Waals surface area contributed by atoms with Crippen LogP contribution < -0.4 is 10.6 Å². The Morgan fingerprint density at radius 1 is 0.966 bits per heavy atom. The first-order valence-electron chi connectivity index (χ1n) is 9.42. The van der Waals surface area contributed by atoms with Crippen molar-refractivity contribution >= 4 is 23.4 Å². The fourth-order valence-corrected chi connectivity index (χ4v) is 2.69. The number of nitrogens with zero attached hydrogens (tertiary/aromatic N) is 1. The molecule has 6 nitrogen and oxygen atoms in total. The van der Waals surface area contributed by atoms with Crippen LogP contribution in [0.2, 0.25) is 0 Å². The van der Waals surface area contributed by atoms with Gasteiger partial charge in [-0.3, -0.25) is 14.4 Å². The third-order valence-corrected chi connectivity index (χ3v) is 4.08. The van der Waals surface area contributed by atoms with Crippen LogP contribution in [0.1, 0.15) is 29.8 Å². The van der Waals surface area contributed by atoms with E-state index in [0.29, 0.717) is 17.8 Å². The molecule has 2 aromatic rings. The van der Waals surface area contributed by atoms with Gasteiger partial charge in [-0.25, -0.2) is 4.39 Å². The summed E-state index contributed by atoms with van der Waals surface area (Å²) in [6, 6.07) is 12.5. The lowest BCUT2D eigenvalue weighted by molar-refractivity contribution is -0.124. The van der Waals surface area contributed by atoms with Gasteiger partial charge in [0.15, 0.2) is 0 Å². The average molecular weight is 399 g/mol. The summed E-state index contributed by atoms with van der Waals surface area (Å²) in [6.45, 7) is 5.77. The molecule has 29 heavy (non-hydrogen) atoms. The quantitative estimate of drug-likeness (QED) is 0.716. The van der Waals surface area contributed by atoms with Crippen molar-refractivity contribution in [2.75, 3.05) is 25.0 Å². The lowest BCUT2D eigenvalue weighted by Crippen LogP contribution is -2.44.